The van der Waals surface area contributed by atoms with E-state index in [0.717, 1.165) is 11.3 Å². The number of para-hydroxylation sites is 1. The maximum Gasteiger partial charge on any atom is 0.166 e. The van der Waals surface area contributed by atoms with E-state index in [4.69, 9.17) is 4.74 Å². The van der Waals surface area contributed by atoms with E-state index in [9.17, 15) is 4.79 Å². The Hall–Kier alpha value is -1.31. The topological polar surface area (TPSA) is 26.3 Å². The molecule has 0 aliphatic heterocycles. The molecule has 0 N–H and O–H groups in total. The van der Waals surface area contributed by atoms with E-state index in [2.05, 4.69) is 0 Å². The van der Waals surface area contributed by atoms with E-state index in [-0.39, 0.29) is 11.9 Å². The molecule has 2 rings (SSSR count). The Morgan fingerprint density at radius 1 is 1.38 bits per heavy atom. The van der Waals surface area contributed by atoms with Gasteiger partial charge in [-0.25, -0.2) is 0 Å². The second-order valence-corrected chi connectivity index (χ2v) is 4.73. The van der Waals surface area contributed by atoms with Gasteiger partial charge >= 0.3 is 0 Å². The van der Waals surface area contributed by atoms with Gasteiger partial charge in [0.2, 0.25) is 0 Å². The molecule has 0 aromatic heterocycles. The maximum atomic E-state index is 12.0. The van der Waals surface area contributed by atoms with Crippen molar-refractivity contribution < 1.29 is 9.53 Å². The van der Waals surface area contributed by atoms with Gasteiger partial charge in [0.25, 0.3) is 0 Å². The first-order valence-electron chi connectivity index (χ1n) is 5.95. The minimum Gasteiger partial charge on any atom is -0.490 e. The van der Waals surface area contributed by atoms with Crippen LogP contribution in [0.5, 0.6) is 5.75 Å². The molecule has 0 radical (unpaired) electrons. The standard InChI is InChI=1S/C14H18O2/c1-10(2)16-14-6-4-3-5-12(14)13(15)9-11-7-8-11/h3-6,10-11H,7-9H2,1-2H3. The van der Waals surface area contributed by atoms with Crippen LogP contribution in [0.3, 0.4) is 0 Å². The Morgan fingerprint density at radius 2 is 2.06 bits per heavy atom. The Kier molecular flexibility index (Phi) is 3.28. The summed E-state index contributed by atoms with van der Waals surface area (Å²) in [5.41, 5.74) is 0.739. The molecule has 86 valence electrons. The summed E-state index contributed by atoms with van der Waals surface area (Å²) in [7, 11) is 0. The summed E-state index contributed by atoms with van der Waals surface area (Å²) in [6.07, 6.45) is 3.20. The van der Waals surface area contributed by atoms with Crippen LogP contribution >= 0.6 is 0 Å². The molecule has 0 unspecified atom stereocenters. The van der Waals surface area contributed by atoms with Gasteiger partial charge < -0.3 is 4.74 Å². The van der Waals surface area contributed by atoms with Gasteiger partial charge in [0, 0.05) is 6.42 Å². The molecule has 1 aliphatic carbocycles. The van der Waals surface area contributed by atoms with E-state index >= 15 is 0 Å². The number of hydrogen-bond acceptors (Lipinski definition) is 2. The van der Waals surface area contributed by atoms with Gasteiger partial charge in [0.1, 0.15) is 5.75 Å². The van der Waals surface area contributed by atoms with Gasteiger partial charge in [-0.05, 0) is 44.7 Å². The number of hydrogen-bond donors (Lipinski definition) is 0. The predicted octanol–water partition coefficient (Wildman–Crippen LogP) is 3.46. The molecule has 0 saturated heterocycles. The molecule has 2 nitrogen and oxygen atoms in total. The second-order valence-electron chi connectivity index (χ2n) is 4.73. The molecule has 1 aromatic carbocycles. The van der Waals surface area contributed by atoms with Crippen LogP contribution in [0.2, 0.25) is 0 Å². The van der Waals surface area contributed by atoms with Gasteiger partial charge in [-0.3, -0.25) is 4.79 Å². The van der Waals surface area contributed by atoms with Crippen molar-refractivity contribution in [3.63, 3.8) is 0 Å². The highest BCUT2D eigenvalue weighted by Crippen LogP contribution is 2.34. The van der Waals surface area contributed by atoms with Crippen molar-refractivity contribution in [3.05, 3.63) is 29.8 Å². The summed E-state index contributed by atoms with van der Waals surface area (Å²) in [6, 6.07) is 7.54. The number of rotatable bonds is 5. The summed E-state index contributed by atoms with van der Waals surface area (Å²) in [5, 5.41) is 0. The number of carbonyl (C=O) groups is 1. The Bertz CT molecular complexity index is 378. The first kappa shape index (κ1) is 11.2. The Morgan fingerprint density at radius 3 is 2.69 bits per heavy atom. The van der Waals surface area contributed by atoms with Gasteiger partial charge in [-0.15, -0.1) is 0 Å². The van der Waals surface area contributed by atoms with Crippen LogP contribution in [0.4, 0.5) is 0 Å². The van der Waals surface area contributed by atoms with E-state index in [1.165, 1.54) is 12.8 Å². The van der Waals surface area contributed by atoms with E-state index in [0.29, 0.717) is 12.3 Å². The van der Waals surface area contributed by atoms with Crippen molar-refractivity contribution >= 4 is 5.78 Å². The third-order valence-corrected chi connectivity index (χ3v) is 2.72. The Labute approximate surface area is 96.6 Å². The molecule has 16 heavy (non-hydrogen) atoms. The quantitative estimate of drug-likeness (QED) is 0.707. The third-order valence-electron chi connectivity index (χ3n) is 2.72. The minimum absolute atomic E-state index is 0.106. The molecule has 0 bridgehead atoms. The summed E-state index contributed by atoms with van der Waals surface area (Å²) < 4.78 is 5.65. The number of benzene rings is 1. The van der Waals surface area contributed by atoms with Gasteiger partial charge in [0.15, 0.2) is 5.78 Å². The van der Waals surface area contributed by atoms with E-state index < -0.39 is 0 Å². The lowest BCUT2D eigenvalue weighted by Crippen LogP contribution is -2.10. The fourth-order valence-electron chi connectivity index (χ4n) is 1.75. The van der Waals surface area contributed by atoms with Crippen molar-refractivity contribution in [2.45, 2.75) is 39.2 Å². The molecule has 0 atom stereocenters. The first-order valence-corrected chi connectivity index (χ1v) is 5.95. The van der Waals surface area contributed by atoms with E-state index in [1.807, 2.05) is 38.1 Å². The number of Topliss-reactive ketones (excluding diaryl/α,β-unsaturated/α-hetero) is 1. The van der Waals surface area contributed by atoms with Gasteiger partial charge in [-0.2, -0.15) is 0 Å². The van der Waals surface area contributed by atoms with Gasteiger partial charge in [0.05, 0.1) is 11.7 Å². The molecular weight excluding hydrogens is 200 g/mol. The lowest BCUT2D eigenvalue weighted by Gasteiger charge is -2.13. The zero-order chi connectivity index (χ0) is 11.5. The minimum atomic E-state index is 0.106. The fourth-order valence-corrected chi connectivity index (χ4v) is 1.75. The van der Waals surface area contributed by atoms with Crippen molar-refractivity contribution in [2.75, 3.05) is 0 Å². The molecule has 2 heteroatoms. The summed E-state index contributed by atoms with van der Waals surface area (Å²) >= 11 is 0. The molecule has 1 fully saturated rings. The Balaban J connectivity index is 2.13. The molecule has 0 amide bonds. The molecule has 1 aromatic rings. The lowest BCUT2D eigenvalue weighted by atomic mass is 10.0. The second kappa shape index (κ2) is 4.69. The highest BCUT2D eigenvalue weighted by atomic mass is 16.5. The summed E-state index contributed by atoms with van der Waals surface area (Å²) in [6.45, 7) is 3.95. The van der Waals surface area contributed by atoms with Crippen molar-refractivity contribution in [1.29, 1.82) is 0 Å². The maximum absolute atomic E-state index is 12.0. The van der Waals surface area contributed by atoms with E-state index in [1.54, 1.807) is 0 Å². The smallest absolute Gasteiger partial charge is 0.166 e. The predicted molar refractivity (Wildman–Crippen MR) is 63.9 cm³/mol. The normalized spacial score (nSPS) is 15.2. The summed E-state index contributed by atoms with van der Waals surface area (Å²) in [5.74, 6) is 1.57. The van der Waals surface area contributed by atoms with Crippen LogP contribution in [0.25, 0.3) is 0 Å². The number of ketones is 1. The van der Waals surface area contributed by atoms with Crippen LogP contribution in [0, 0.1) is 5.92 Å². The molecule has 1 saturated carbocycles. The van der Waals surface area contributed by atoms with Crippen LogP contribution in [-0.4, -0.2) is 11.9 Å². The number of carbonyl (C=O) groups excluding carboxylic acids is 1. The number of ether oxygens (including phenoxy) is 1. The van der Waals surface area contributed by atoms with Crippen LogP contribution in [0.1, 0.15) is 43.5 Å². The first-order chi connectivity index (χ1) is 7.66. The lowest BCUT2D eigenvalue weighted by molar-refractivity contribution is 0.0970. The molecule has 0 heterocycles. The monoisotopic (exact) mass is 218 g/mol. The van der Waals surface area contributed by atoms with Crippen molar-refractivity contribution in [3.8, 4) is 5.75 Å². The average molecular weight is 218 g/mol. The average Bonchev–Trinajstić information content (AvgIpc) is 3.01. The zero-order valence-electron chi connectivity index (χ0n) is 9.90. The van der Waals surface area contributed by atoms with Crippen LogP contribution in [-0.2, 0) is 0 Å². The summed E-state index contributed by atoms with van der Waals surface area (Å²) in [4.78, 5) is 12.0. The molecule has 0 spiro atoms. The fraction of sp³-hybridized carbons (Fsp3) is 0.500. The molecule has 1 aliphatic rings. The highest BCUT2D eigenvalue weighted by Gasteiger charge is 2.26. The van der Waals surface area contributed by atoms with Crippen molar-refractivity contribution in [1.82, 2.24) is 0 Å². The van der Waals surface area contributed by atoms with Crippen LogP contribution < -0.4 is 4.74 Å². The van der Waals surface area contributed by atoms with Crippen LogP contribution in [0.15, 0.2) is 24.3 Å². The SMILES string of the molecule is CC(C)Oc1ccccc1C(=O)CC1CC1. The van der Waals surface area contributed by atoms with Gasteiger partial charge in [-0.1, -0.05) is 12.1 Å². The highest BCUT2D eigenvalue weighted by molar-refractivity contribution is 5.98. The third kappa shape index (κ3) is 2.84. The molecular formula is C14H18O2. The van der Waals surface area contributed by atoms with Crippen molar-refractivity contribution in [2.24, 2.45) is 5.92 Å². The largest absolute Gasteiger partial charge is 0.490 e. The zero-order valence-corrected chi connectivity index (χ0v) is 9.90.